The average molecular weight is 265 g/mol. The minimum absolute atomic E-state index is 0.608. The van der Waals surface area contributed by atoms with Crippen LogP contribution in [0.25, 0.3) is 11.0 Å². The van der Waals surface area contributed by atoms with Gasteiger partial charge in [-0.3, -0.25) is 0 Å². The summed E-state index contributed by atoms with van der Waals surface area (Å²) in [6.45, 7) is 4.09. The van der Waals surface area contributed by atoms with E-state index in [4.69, 9.17) is 10.7 Å². The molecule has 3 nitrogen and oxygen atoms in total. The first-order chi connectivity index (χ1) is 9.50. The van der Waals surface area contributed by atoms with Crippen molar-refractivity contribution in [1.29, 1.82) is 0 Å². The lowest BCUT2D eigenvalue weighted by atomic mass is 9.92. The lowest BCUT2D eigenvalue weighted by Crippen LogP contribution is -2.37. The smallest absolute Gasteiger partial charge is 0.134 e. The molecule has 1 unspecified atom stereocenters. The fraction of sp³-hybridized carbons (Fsp3) is 0.235. The topological polar surface area (TPSA) is 43.8 Å². The Morgan fingerprint density at radius 1 is 1.10 bits per heavy atom. The summed E-state index contributed by atoms with van der Waals surface area (Å²) in [4.78, 5) is 4.76. The van der Waals surface area contributed by atoms with Gasteiger partial charge in [0.05, 0.1) is 16.6 Å². The van der Waals surface area contributed by atoms with Gasteiger partial charge in [0.15, 0.2) is 0 Å². The highest BCUT2D eigenvalue weighted by molar-refractivity contribution is 5.77. The molecular weight excluding hydrogens is 246 g/mol. The van der Waals surface area contributed by atoms with Gasteiger partial charge in [-0.15, -0.1) is 0 Å². The Hall–Kier alpha value is -2.13. The van der Waals surface area contributed by atoms with Crippen molar-refractivity contribution in [2.45, 2.75) is 19.4 Å². The van der Waals surface area contributed by atoms with Crippen LogP contribution in [-0.2, 0) is 12.6 Å². The van der Waals surface area contributed by atoms with Gasteiger partial charge in [-0.2, -0.15) is 0 Å². The number of hydrogen-bond acceptors (Lipinski definition) is 2. The van der Waals surface area contributed by atoms with Crippen molar-refractivity contribution in [2.24, 2.45) is 12.8 Å². The number of benzene rings is 2. The Morgan fingerprint density at radius 2 is 1.80 bits per heavy atom. The summed E-state index contributed by atoms with van der Waals surface area (Å²) in [6.07, 6.45) is 0. The molecule has 20 heavy (non-hydrogen) atoms. The molecule has 2 N–H and O–H groups in total. The van der Waals surface area contributed by atoms with E-state index in [1.165, 1.54) is 5.56 Å². The zero-order valence-electron chi connectivity index (χ0n) is 12.1. The van der Waals surface area contributed by atoms with E-state index in [2.05, 4.69) is 29.7 Å². The number of nitrogens with two attached hydrogens (primary N) is 1. The Bertz CT molecular complexity index is 755. The second-order valence-corrected chi connectivity index (χ2v) is 5.55. The molecule has 0 radical (unpaired) electrons. The van der Waals surface area contributed by atoms with E-state index in [1.807, 2.05) is 44.3 Å². The van der Waals surface area contributed by atoms with Crippen molar-refractivity contribution in [1.82, 2.24) is 9.55 Å². The Morgan fingerprint density at radius 3 is 2.50 bits per heavy atom. The average Bonchev–Trinajstić information content (AvgIpc) is 2.77. The van der Waals surface area contributed by atoms with Crippen LogP contribution in [0.3, 0.4) is 0 Å². The van der Waals surface area contributed by atoms with Crippen molar-refractivity contribution < 1.29 is 0 Å². The summed E-state index contributed by atoms with van der Waals surface area (Å²) in [5.41, 5.74) is 10.3. The molecule has 1 aromatic heterocycles. The molecule has 1 atom stereocenters. The highest BCUT2D eigenvalue weighted by Crippen LogP contribution is 2.28. The molecule has 3 rings (SSSR count). The van der Waals surface area contributed by atoms with E-state index in [1.54, 1.807) is 0 Å². The molecule has 0 spiro atoms. The fourth-order valence-electron chi connectivity index (χ4n) is 2.69. The minimum atomic E-state index is -0.608. The quantitative estimate of drug-likeness (QED) is 0.773. The molecule has 0 fully saturated rings. The zero-order valence-corrected chi connectivity index (χ0v) is 12.1. The van der Waals surface area contributed by atoms with Crippen molar-refractivity contribution in [3.63, 3.8) is 0 Å². The molecule has 0 saturated carbocycles. The maximum atomic E-state index is 6.58. The maximum Gasteiger partial charge on any atom is 0.134 e. The lowest BCUT2D eigenvalue weighted by molar-refractivity contribution is 0.538. The number of nitrogens with zero attached hydrogens (tertiary/aromatic N) is 2. The van der Waals surface area contributed by atoms with Crippen LogP contribution in [0.2, 0.25) is 0 Å². The van der Waals surface area contributed by atoms with Crippen molar-refractivity contribution in [3.05, 3.63) is 65.5 Å². The molecule has 0 amide bonds. The number of imidazole rings is 1. The van der Waals surface area contributed by atoms with Gasteiger partial charge in [0.25, 0.3) is 0 Å². The fourth-order valence-corrected chi connectivity index (χ4v) is 2.69. The highest BCUT2D eigenvalue weighted by Gasteiger charge is 2.29. The van der Waals surface area contributed by atoms with Crippen LogP contribution >= 0.6 is 0 Å². The van der Waals surface area contributed by atoms with Crippen LogP contribution in [0.1, 0.15) is 23.9 Å². The zero-order chi connectivity index (χ0) is 14.3. The summed E-state index contributed by atoms with van der Waals surface area (Å²) >= 11 is 0. The number of aromatic nitrogens is 2. The van der Waals surface area contributed by atoms with Gasteiger partial charge in [0, 0.05) is 7.05 Å². The lowest BCUT2D eigenvalue weighted by Gasteiger charge is -2.24. The molecule has 0 saturated heterocycles. The molecule has 2 aromatic carbocycles. The summed E-state index contributed by atoms with van der Waals surface area (Å²) in [5, 5.41) is 0. The van der Waals surface area contributed by atoms with E-state index in [9.17, 15) is 0 Å². The molecule has 0 bridgehead atoms. The van der Waals surface area contributed by atoms with Crippen molar-refractivity contribution in [2.75, 3.05) is 0 Å². The van der Waals surface area contributed by atoms with Gasteiger partial charge in [-0.1, -0.05) is 36.4 Å². The number of fused-ring (bicyclic) bond motifs is 1. The predicted octanol–water partition coefficient (Wildman–Crippen LogP) is 3.10. The number of hydrogen-bond donors (Lipinski definition) is 1. The molecule has 102 valence electrons. The van der Waals surface area contributed by atoms with Crippen LogP contribution in [-0.4, -0.2) is 9.55 Å². The second-order valence-electron chi connectivity index (χ2n) is 5.55. The van der Waals surface area contributed by atoms with Crippen molar-refractivity contribution in [3.8, 4) is 0 Å². The molecular formula is C17H19N3. The molecule has 1 heterocycles. The van der Waals surface area contributed by atoms with Gasteiger partial charge < -0.3 is 10.3 Å². The Kier molecular flexibility index (Phi) is 2.87. The van der Waals surface area contributed by atoms with E-state index >= 15 is 0 Å². The third-order valence-corrected chi connectivity index (χ3v) is 3.87. The van der Waals surface area contributed by atoms with Gasteiger partial charge in [-0.05, 0) is 37.1 Å². The van der Waals surface area contributed by atoms with Crippen LogP contribution in [0, 0.1) is 6.92 Å². The first-order valence-corrected chi connectivity index (χ1v) is 6.78. The molecule has 3 heteroatoms. The monoisotopic (exact) mass is 265 g/mol. The van der Waals surface area contributed by atoms with Crippen LogP contribution in [0.4, 0.5) is 0 Å². The number of rotatable bonds is 2. The van der Waals surface area contributed by atoms with Gasteiger partial charge in [0.2, 0.25) is 0 Å². The van der Waals surface area contributed by atoms with Gasteiger partial charge in [-0.25, -0.2) is 4.98 Å². The third-order valence-electron chi connectivity index (χ3n) is 3.87. The molecule has 0 aliphatic carbocycles. The first kappa shape index (κ1) is 12.9. The Balaban J connectivity index is 2.21. The summed E-state index contributed by atoms with van der Waals surface area (Å²) in [7, 11) is 2.02. The SMILES string of the molecule is Cc1ccc2c(c1)nc(C(C)(N)c1ccccc1)n2C. The second kappa shape index (κ2) is 4.46. The maximum absolute atomic E-state index is 6.58. The van der Waals surface area contributed by atoms with Gasteiger partial charge in [0.1, 0.15) is 5.82 Å². The van der Waals surface area contributed by atoms with E-state index in [0.29, 0.717) is 0 Å². The molecule has 0 aliphatic heterocycles. The van der Waals surface area contributed by atoms with Crippen LogP contribution < -0.4 is 5.73 Å². The number of aryl methyl sites for hydroxylation is 2. The molecule has 3 aromatic rings. The summed E-state index contributed by atoms with van der Waals surface area (Å²) < 4.78 is 2.09. The summed E-state index contributed by atoms with van der Waals surface area (Å²) in [5.74, 6) is 0.879. The standard InChI is InChI=1S/C17H19N3/c1-12-9-10-15-14(11-12)19-16(20(15)3)17(2,18)13-7-5-4-6-8-13/h4-11H,18H2,1-3H3. The third kappa shape index (κ3) is 1.91. The van der Waals surface area contributed by atoms with E-state index in [-0.39, 0.29) is 0 Å². The minimum Gasteiger partial charge on any atom is -0.329 e. The van der Waals surface area contributed by atoms with Crippen molar-refractivity contribution >= 4 is 11.0 Å². The largest absolute Gasteiger partial charge is 0.329 e. The van der Waals surface area contributed by atoms with E-state index in [0.717, 1.165) is 22.4 Å². The molecule has 0 aliphatic rings. The van der Waals surface area contributed by atoms with Crippen LogP contribution in [0.15, 0.2) is 48.5 Å². The highest BCUT2D eigenvalue weighted by atomic mass is 15.1. The predicted molar refractivity (Wildman–Crippen MR) is 82.5 cm³/mol. The first-order valence-electron chi connectivity index (χ1n) is 6.78. The van der Waals surface area contributed by atoms with Gasteiger partial charge >= 0.3 is 0 Å². The Labute approximate surface area is 119 Å². The normalized spacial score (nSPS) is 14.4. The van der Waals surface area contributed by atoms with Crippen LogP contribution in [0.5, 0.6) is 0 Å². The van der Waals surface area contributed by atoms with E-state index < -0.39 is 5.54 Å². The summed E-state index contributed by atoms with van der Waals surface area (Å²) in [6, 6.07) is 16.4.